The molecule has 0 saturated heterocycles. The second-order valence-electron chi connectivity index (χ2n) is 7.19. The summed E-state index contributed by atoms with van der Waals surface area (Å²) in [6, 6.07) is 7.78. The van der Waals surface area contributed by atoms with Gasteiger partial charge < -0.3 is 9.47 Å². The quantitative estimate of drug-likeness (QED) is 0.271. The largest absolute Gasteiger partial charge is 0.490 e. The first-order valence-electron chi connectivity index (χ1n) is 10.7. The molecule has 4 heteroatoms. The van der Waals surface area contributed by atoms with Crippen LogP contribution in [-0.4, -0.2) is 29.3 Å². The van der Waals surface area contributed by atoms with Crippen LogP contribution in [0.2, 0.25) is 0 Å². The van der Waals surface area contributed by atoms with E-state index >= 15 is 0 Å². The molecular weight excluding hydrogens is 360 g/mol. The molecule has 4 nitrogen and oxygen atoms in total. The third-order valence-corrected chi connectivity index (χ3v) is 4.59. The van der Waals surface area contributed by atoms with Crippen LogP contribution in [0.5, 0.6) is 5.75 Å². The standard InChI is InChI=1S/C25H34N2O2/c1-4-6-10-18-28-21(3)11-8-7-9-12-22-19-26-25(27-20-22)23-13-15-24(16-14-23)29-17-5-2/h5,9,12-16,19-21H,2,4,6-8,10-11,17-18H2,1,3H3/b12-9+. The van der Waals surface area contributed by atoms with Gasteiger partial charge >= 0.3 is 0 Å². The fourth-order valence-electron chi connectivity index (χ4n) is 2.89. The number of hydrogen-bond donors (Lipinski definition) is 0. The van der Waals surface area contributed by atoms with Crippen molar-refractivity contribution >= 4 is 6.08 Å². The Morgan fingerprint density at radius 3 is 2.52 bits per heavy atom. The molecule has 0 N–H and O–H groups in total. The summed E-state index contributed by atoms with van der Waals surface area (Å²) < 4.78 is 11.3. The van der Waals surface area contributed by atoms with E-state index < -0.39 is 0 Å². The first-order chi connectivity index (χ1) is 14.2. The molecular formula is C25H34N2O2. The number of allylic oxidation sites excluding steroid dienone is 1. The summed E-state index contributed by atoms with van der Waals surface area (Å²) in [7, 11) is 0. The van der Waals surface area contributed by atoms with Gasteiger partial charge in [0.15, 0.2) is 5.82 Å². The van der Waals surface area contributed by atoms with Gasteiger partial charge in [-0.2, -0.15) is 0 Å². The predicted octanol–water partition coefficient (Wildman–Crippen LogP) is 6.49. The molecule has 1 atom stereocenters. The third-order valence-electron chi connectivity index (χ3n) is 4.59. The van der Waals surface area contributed by atoms with Crippen LogP contribution in [0.1, 0.15) is 57.9 Å². The van der Waals surface area contributed by atoms with E-state index in [0.29, 0.717) is 18.5 Å². The molecule has 0 aliphatic heterocycles. The molecule has 0 saturated carbocycles. The Morgan fingerprint density at radius 1 is 1.07 bits per heavy atom. The molecule has 0 amide bonds. The highest BCUT2D eigenvalue weighted by Gasteiger charge is 2.02. The molecule has 2 aromatic rings. The minimum absolute atomic E-state index is 0.344. The average Bonchev–Trinajstić information content (AvgIpc) is 2.76. The van der Waals surface area contributed by atoms with Crippen LogP contribution >= 0.6 is 0 Å². The summed E-state index contributed by atoms with van der Waals surface area (Å²) >= 11 is 0. The number of ether oxygens (including phenoxy) is 2. The van der Waals surface area contributed by atoms with Gasteiger partial charge in [0.05, 0.1) is 6.10 Å². The zero-order valence-corrected chi connectivity index (χ0v) is 17.8. The van der Waals surface area contributed by atoms with Crippen molar-refractivity contribution in [1.29, 1.82) is 0 Å². The highest BCUT2D eigenvalue weighted by Crippen LogP contribution is 2.19. The number of unbranched alkanes of at least 4 members (excludes halogenated alkanes) is 3. The van der Waals surface area contributed by atoms with Crippen molar-refractivity contribution in [3.63, 3.8) is 0 Å². The van der Waals surface area contributed by atoms with E-state index in [1.807, 2.05) is 36.7 Å². The van der Waals surface area contributed by atoms with Gasteiger partial charge in [-0.05, 0) is 56.9 Å². The van der Waals surface area contributed by atoms with Crippen molar-refractivity contribution in [2.75, 3.05) is 13.2 Å². The lowest BCUT2D eigenvalue weighted by molar-refractivity contribution is 0.0566. The van der Waals surface area contributed by atoms with Crippen LogP contribution in [0.4, 0.5) is 0 Å². The maximum absolute atomic E-state index is 5.83. The van der Waals surface area contributed by atoms with E-state index in [9.17, 15) is 0 Å². The summed E-state index contributed by atoms with van der Waals surface area (Å²) in [6.07, 6.45) is 17.0. The van der Waals surface area contributed by atoms with Crippen molar-refractivity contribution in [3.05, 3.63) is 61.0 Å². The van der Waals surface area contributed by atoms with Gasteiger partial charge in [0.2, 0.25) is 0 Å². The summed E-state index contributed by atoms with van der Waals surface area (Å²) in [5.41, 5.74) is 1.99. The van der Waals surface area contributed by atoms with E-state index in [2.05, 4.69) is 42.5 Å². The lowest BCUT2D eigenvalue weighted by Gasteiger charge is -2.11. The maximum atomic E-state index is 5.83. The molecule has 1 aromatic carbocycles. The average molecular weight is 395 g/mol. The van der Waals surface area contributed by atoms with Gasteiger partial charge in [0.25, 0.3) is 0 Å². The van der Waals surface area contributed by atoms with Crippen molar-refractivity contribution in [2.45, 2.75) is 58.5 Å². The van der Waals surface area contributed by atoms with Crippen LogP contribution < -0.4 is 4.74 Å². The molecule has 0 aliphatic rings. The normalized spacial score (nSPS) is 12.2. The summed E-state index contributed by atoms with van der Waals surface area (Å²) in [4.78, 5) is 8.95. The van der Waals surface area contributed by atoms with Crippen LogP contribution in [-0.2, 0) is 4.74 Å². The molecule has 0 fully saturated rings. The third kappa shape index (κ3) is 9.05. The molecule has 1 heterocycles. The van der Waals surface area contributed by atoms with Gasteiger partial charge in [-0.1, -0.05) is 44.6 Å². The number of nitrogens with zero attached hydrogens (tertiary/aromatic N) is 2. The molecule has 29 heavy (non-hydrogen) atoms. The van der Waals surface area contributed by atoms with Crippen molar-refractivity contribution in [2.24, 2.45) is 0 Å². The fourth-order valence-corrected chi connectivity index (χ4v) is 2.89. The molecule has 2 rings (SSSR count). The van der Waals surface area contributed by atoms with E-state index in [0.717, 1.165) is 42.7 Å². The monoisotopic (exact) mass is 394 g/mol. The van der Waals surface area contributed by atoms with Crippen molar-refractivity contribution in [3.8, 4) is 17.1 Å². The van der Waals surface area contributed by atoms with E-state index in [1.165, 1.54) is 19.3 Å². The van der Waals surface area contributed by atoms with Gasteiger partial charge in [-0.15, -0.1) is 0 Å². The number of rotatable bonds is 14. The second kappa shape index (κ2) is 13.7. The van der Waals surface area contributed by atoms with Gasteiger partial charge in [0.1, 0.15) is 12.4 Å². The van der Waals surface area contributed by atoms with E-state index in [1.54, 1.807) is 6.08 Å². The molecule has 1 aromatic heterocycles. The molecule has 0 aliphatic carbocycles. The highest BCUT2D eigenvalue weighted by atomic mass is 16.5. The Bertz CT molecular complexity index is 723. The van der Waals surface area contributed by atoms with Crippen LogP contribution in [0, 0.1) is 0 Å². The maximum Gasteiger partial charge on any atom is 0.159 e. The predicted molar refractivity (Wildman–Crippen MR) is 121 cm³/mol. The van der Waals surface area contributed by atoms with Crippen LogP contribution in [0.25, 0.3) is 17.5 Å². The first kappa shape index (κ1) is 22.8. The number of benzene rings is 1. The Kier molecular flexibility index (Phi) is 10.8. The fraction of sp³-hybridized carbons (Fsp3) is 0.440. The van der Waals surface area contributed by atoms with E-state index in [-0.39, 0.29) is 0 Å². The number of aromatic nitrogens is 2. The van der Waals surface area contributed by atoms with Crippen LogP contribution in [0.3, 0.4) is 0 Å². The topological polar surface area (TPSA) is 44.2 Å². The smallest absolute Gasteiger partial charge is 0.159 e. The lowest BCUT2D eigenvalue weighted by Crippen LogP contribution is -2.08. The van der Waals surface area contributed by atoms with Gasteiger partial charge in [0, 0.05) is 30.1 Å². The Balaban J connectivity index is 1.72. The summed E-state index contributed by atoms with van der Waals surface area (Å²) in [5.74, 6) is 1.53. The number of hydrogen-bond acceptors (Lipinski definition) is 4. The highest BCUT2D eigenvalue weighted by molar-refractivity contribution is 5.57. The molecule has 1 unspecified atom stereocenters. The lowest BCUT2D eigenvalue weighted by atomic mass is 10.1. The zero-order chi connectivity index (χ0) is 20.7. The Morgan fingerprint density at radius 2 is 1.83 bits per heavy atom. The van der Waals surface area contributed by atoms with Crippen LogP contribution in [0.15, 0.2) is 55.4 Å². The van der Waals surface area contributed by atoms with Gasteiger partial charge in [-0.25, -0.2) is 9.97 Å². The summed E-state index contributed by atoms with van der Waals surface area (Å²) in [5, 5.41) is 0. The molecule has 156 valence electrons. The van der Waals surface area contributed by atoms with Crippen molar-refractivity contribution in [1.82, 2.24) is 9.97 Å². The molecule has 0 radical (unpaired) electrons. The minimum atomic E-state index is 0.344. The Labute approximate surface area is 175 Å². The second-order valence-corrected chi connectivity index (χ2v) is 7.19. The Hall–Kier alpha value is -2.46. The SMILES string of the molecule is C=CCOc1ccc(-c2ncc(/C=C/CCCC(C)OCCCCC)cn2)cc1. The van der Waals surface area contributed by atoms with Crippen molar-refractivity contribution < 1.29 is 9.47 Å². The van der Waals surface area contributed by atoms with E-state index in [4.69, 9.17) is 9.47 Å². The summed E-state index contributed by atoms with van der Waals surface area (Å²) in [6.45, 7) is 9.42. The van der Waals surface area contributed by atoms with Gasteiger partial charge in [-0.3, -0.25) is 0 Å². The first-order valence-corrected chi connectivity index (χ1v) is 10.7. The molecule has 0 spiro atoms. The minimum Gasteiger partial charge on any atom is -0.490 e. The molecule has 0 bridgehead atoms. The zero-order valence-electron chi connectivity index (χ0n) is 17.8.